The predicted molar refractivity (Wildman–Crippen MR) is 122 cm³/mol. The number of amides is 1. The number of hydrogen-bond donors (Lipinski definition) is 1. The van der Waals surface area contributed by atoms with Gasteiger partial charge in [0.1, 0.15) is 17.4 Å². The van der Waals surface area contributed by atoms with Gasteiger partial charge < -0.3 is 15.0 Å². The van der Waals surface area contributed by atoms with Gasteiger partial charge in [-0.25, -0.2) is 0 Å². The molecule has 1 unspecified atom stereocenters. The van der Waals surface area contributed by atoms with Gasteiger partial charge in [0.25, 0.3) is 5.91 Å². The van der Waals surface area contributed by atoms with Crippen LogP contribution in [-0.2, 0) is 4.79 Å². The Bertz CT molecular complexity index is 1020. The lowest BCUT2D eigenvalue weighted by Gasteiger charge is -2.47. The maximum Gasteiger partial charge on any atom is 0.266 e. The minimum Gasteiger partial charge on any atom is -0.497 e. The van der Waals surface area contributed by atoms with Crippen LogP contribution in [0.1, 0.15) is 51.2 Å². The summed E-state index contributed by atoms with van der Waals surface area (Å²) in [5.41, 5.74) is 4.10. The van der Waals surface area contributed by atoms with E-state index >= 15 is 0 Å². The molecule has 2 aromatic carbocycles. The van der Waals surface area contributed by atoms with Gasteiger partial charge in [-0.05, 0) is 74.6 Å². The van der Waals surface area contributed by atoms with Crippen LogP contribution in [0.3, 0.4) is 0 Å². The van der Waals surface area contributed by atoms with E-state index in [2.05, 4.69) is 50.0 Å². The van der Waals surface area contributed by atoms with Crippen LogP contribution >= 0.6 is 0 Å². The van der Waals surface area contributed by atoms with Crippen LogP contribution < -0.4 is 15.0 Å². The second kappa shape index (κ2) is 8.62. The Morgan fingerprint density at radius 2 is 2.10 bits per heavy atom. The SMILES string of the molecule is CCN1c2ccc(/C=C(/C#N)C(=O)Nc3cccc(OC)c3)cc2C(C)CC1(C)C. The summed E-state index contributed by atoms with van der Waals surface area (Å²) in [6.07, 6.45) is 2.71. The van der Waals surface area contributed by atoms with Crippen molar-refractivity contribution in [1.29, 1.82) is 5.26 Å². The lowest BCUT2D eigenvalue weighted by Crippen LogP contribution is -2.48. The molecule has 1 amide bonds. The summed E-state index contributed by atoms with van der Waals surface area (Å²) in [5.74, 6) is 0.609. The number of fused-ring (bicyclic) bond motifs is 1. The number of hydrogen-bond acceptors (Lipinski definition) is 4. The van der Waals surface area contributed by atoms with Gasteiger partial charge in [0.15, 0.2) is 0 Å². The molecule has 0 radical (unpaired) electrons. The third kappa shape index (κ3) is 4.33. The predicted octanol–water partition coefficient (Wildman–Crippen LogP) is 5.35. The number of carbonyl (C=O) groups excluding carboxylic acids is 1. The van der Waals surface area contributed by atoms with Gasteiger partial charge in [0.2, 0.25) is 0 Å². The number of anilines is 2. The molecule has 5 nitrogen and oxygen atoms in total. The van der Waals surface area contributed by atoms with Crippen molar-refractivity contribution in [3.8, 4) is 11.8 Å². The van der Waals surface area contributed by atoms with Gasteiger partial charge in [0.05, 0.1) is 7.11 Å². The molecule has 0 spiro atoms. The number of nitrogens with one attached hydrogen (secondary N) is 1. The highest BCUT2D eigenvalue weighted by Gasteiger charge is 2.35. The van der Waals surface area contributed by atoms with Crippen molar-refractivity contribution in [2.75, 3.05) is 23.9 Å². The molecule has 1 heterocycles. The second-order valence-corrected chi connectivity index (χ2v) is 8.34. The Labute approximate surface area is 179 Å². The van der Waals surface area contributed by atoms with E-state index in [1.54, 1.807) is 37.5 Å². The van der Waals surface area contributed by atoms with Gasteiger partial charge >= 0.3 is 0 Å². The van der Waals surface area contributed by atoms with E-state index in [0.717, 1.165) is 18.5 Å². The third-order valence-corrected chi connectivity index (χ3v) is 5.73. The van der Waals surface area contributed by atoms with Crippen molar-refractivity contribution in [2.45, 2.75) is 45.6 Å². The fraction of sp³-hybridized carbons (Fsp3) is 0.360. The van der Waals surface area contributed by atoms with Crippen LogP contribution in [0.4, 0.5) is 11.4 Å². The van der Waals surface area contributed by atoms with Crippen LogP contribution in [-0.4, -0.2) is 25.1 Å². The Morgan fingerprint density at radius 3 is 2.77 bits per heavy atom. The molecule has 0 aliphatic carbocycles. The van der Waals surface area contributed by atoms with E-state index in [1.165, 1.54) is 11.3 Å². The average molecular weight is 404 g/mol. The number of rotatable bonds is 5. The Morgan fingerprint density at radius 1 is 1.33 bits per heavy atom. The summed E-state index contributed by atoms with van der Waals surface area (Å²) in [7, 11) is 1.57. The molecule has 0 saturated heterocycles. The lowest BCUT2D eigenvalue weighted by molar-refractivity contribution is -0.112. The molecule has 5 heteroatoms. The molecule has 1 atom stereocenters. The highest BCUT2D eigenvalue weighted by molar-refractivity contribution is 6.09. The summed E-state index contributed by atoms with van der Waals surface area (Å²) in [6.45, 7) is 9.91. The smallest absolute Gasteiger partial charge is 0.266 e. The fourth-order valence-corrected chi connectivity index (χ4v) is 4.41. The van der Waals surface area contributed by atoms with Crippen molar-refractivity contribution in [3.63, 3.8) is 0 Å². The van der Waals surface area contributed by atoms with Crippen molar-refractivity contribution < 1.29 is 9.53 Å². The van der Waals surface area contributed by atoms with Crippen molar-refractivity contribution >= 4 is 23.4 Å². The molecule has 0 bridgehead atoms. The third-order valence-electron chi connectivity index (χ3n) is 5.73. The highest BCUT2D eigenvalue weighted by Crippen LogP contribution is 2.43. The van der Waals surface area contributed by atoms with Crippen molar-refractivity contribution in [3.05, 3.63) is 59.2 Å². The largest absolute Gasteiger partial charge is 0.497 e. The molecule has 3 rings (SSSR count). The zero-order valence-corrected chi connectivity index (χ0v) is 18.3. The highest BCUT2D eigenvalue weighted by atomic mass is 16.5. The quantitative estimate of drug-likeness (QED) is 0.540. The van der Waals surface area contributed by atoms with Gasteiger partial charge in [-0.2, -0.15) is 5.26 Å². The van der Waals surface area contributed by atoms with Crippen LogP contribution in [0, 0.1) is 11.3 Å². The number of methoxy groups -OCH3 is 1. The van der Waals surface area contributed by atoms with Crippen LogP contribution in [0.5, 0.6) is 5.75 Å². The van der Waals surface area contributed by atoms with E-state index in [0.29, 0.717) is 17.4 Å². The van der Waals surface area contributed by atoms with Crippen LogP contribution in [0.2, 0.25) is 0 Å². The van der Waals surface area contributed by atoms with Crippen LogP contribution in [0.15, 0.2) is 48.0 Å². The first-order valence-corrected chi connectivity index (χ1v) is 10.3. The zero-order valence-electron chi connectivity index (χ0n) is 18.3. The number of nitrogens with zero attached hydrogens (tertiary/aromatic N) is 2. The van der Waals surface area contributed by atoms with Crippen molar-refractivity contribution in [1.82, 2.24) is 0 Å². The van der Waals surface area contributed by atoms with E-state index in [9.17, 15) is 10.1 Å². The van der Waals surface area contributed by atoms with Crippen LogP contribution in [0.25, 0.3) is 6.08 Å². The summed E-state index contributed by atoms with van der Waals surface area (Å²) < 4.78 is 5.18. The lowest BCUT2D eigenvalue weighted by atomic mass is 9.79. The van der Waals surface area contributed by atoms with E-state index in [4.69, 9.17) is 4.74 Å². The number of carbonyl (C=O) groups is 1. The molecule has 1 aliphatic rings. The molecular weight excluding hydrogens is 374 g/mol. The first kappa shape index (κ1) is 21.4. The molecule has 0 aromatic heterocycles. The minimum atomic E-state index is -0.437. The maximum absolute atomic E-state index is 12.6. The minimum absolute atomic E-state index is 0.0638. The topological polar surface area (TPSA) is 65.4 Å². The molecule has 156 valence electrons. The number of benzene rings is 2. The molecule has 0 saturated carbocycles. The number of nitriles is 1. The zero-order chi connectivity index (χ0) is 21.9. The van der Waals surface area contributed by atoms with E-state index < -0.39 is 5.91 Å². The summed E-state index contributed by atoms with van der Waals surface area (Å²) >= 11 is 0. The summed E-state index contributed by atoms with van der Waals surface area (Å²) in [4.78, 5) is 15.1. The molecule has 0 fully saturated rings. The maximum atomic E-state index is 12.6. The first-order chi connectivity index (χ1) is 14.3. The van der Waals surface area contributed by atoms with Gasteiger partial charge in [-0.3, -0.25) is 4.79 Å². The van der Waals surface area contributed by atoms with E-state index in [1.807, 2.05) is 12.1 Å². The first-order valence-electron chi connectivity index (χ1n) is 10.3. The molecule has 2 aromatic rings. The molecule has 1 aliphatic heterocycles. The summed E-state index contributed by atoms with van der Waals surface area (Å²) in [6, 6.07) is 15.3. The summed E-state index contributed by atoms with van der Waals surface area (Å²) in [5, 5.41) is 12.3. The monoisotopic (exact) mass is 403 g/mol. The normalized spacial score (nSPS) is 17.7. The Balaban J connectivity index is 1.89. The Kier molecular flexibility index (Phi) is 6.17. The fourth-order valence-electron chi connectivity index (χ4n) is 4.41. The molecular formula is C25H29N3O2. The van der Waals surface area contributed by atoms with Gasteiger partial charge in [-0.1, -0.05) is 19.1 Å². The van der Waals surface area contributed by atoms with E-state index in [-0.39, 0.29) is 11.1 Å². The van der Waals surface area contributed by atoms with Gasteiger partial charge in [-0.15, -0.1) is 0 Å². The molecule has 30 heavy (non-hydrogen) atoms. The second-order valence-electron chi connectivity index (χ2n) is 8.34. The molecule has 1 N–H and O–H groups in total. The van der Waals surface area contributed by atoms with Gasteiger partial charge in [0, 0.05) is 29.5 Å². The Hall–Kier alpha value is -3.26. The standard InChI is InChI=1S/C25H29N3O2/c1-6-28-23-11-10-18(13-22(23)17(2)15-25(28,3)4)12-19(16-26)24(29)27-20-8-7-9-21(14-20)30-5/h7-14,17H,6,15H2,1-5H3,(H,27,29)/b19-12-. The van der Waals surface area contributed by atoms with Crippen molar-refractivity contribution in [2.24, 2.45) is 0 Å². The number of ether oxygens (including phenoxy) is 1. The average Bonchev–Trinajstić information content (AvgIpc) is 2.72.